The third-order valence-electron chi connectivity index (χ3n) is 5.18. The van der Waals surface area contributed by atoms with Crippen LogP contribution in [0.25, 0.3) is 0 Å². The van der Waals surface area contributed by atoms with Gasteiger partial charge in [-0.3, -0.25) is 4.79 Å². The average Bonchev–Trinajstić information content (AvgIpc) is 3.14. The van der Waals surface area contributed by atoms with E-state index in [1.54, 1.807) is 0 Å². The first kappa shape index (κ1) is 15.6. The van der Waals surface area contributed by atoms with Crippen LogP contribution in [0.1, 0.15) is 72.7 Å². The molecule has 122 valence electrons. The number of ether oxygens (including phenoxy) is 1. The van der Waals surface area contributed by atoms with Crippen LogP contribution in [0.5, 0.6) is 0 Å². The van der Waals surface area contributed by atoms with Crippen molar-refractivity contribution in [3.63, 3.8) is 0 Å². The Hall–Kier alpha value is -1.29. The summed E-state index contributed by atoms with van der Waals surface area (Å²) >= 11 is 0. The van der Waals surface area contributed by atoms with E-state index < -0.39 is 0 Å². The quantitative estimate of drug-likeness (QED) is 0.925. The van der Waals surface area contributed by atoms with Crippen LogP contribution in [0.2, 0.25) is 0 Å². The van der Waals surface area contributed by atoms with Gasteiger partial charge in [0.15, 0.2) is 0 Å². The minimum absolute atomic E-state index is 0.0469. The summed E-state index contributed by atoms with van der Waals surface area (Å²) in [6, 6.07) is 2.63. The van der Waals surface area contributed by atoms with Crippen molar-refractivity contribution in [3.8, 4) is 0 Å². The fourth-order valence-corrected chi connectivity index (χ4v) is 4.02. The number of nitrogens with one attached hydrogen (secondary N) is 1. The highest BCUT2D eigenvalue weighted by Crippen LogP contribution is 2.32. The maximum Gasteiger partial charge on any atom is 0.253 e. The number of amides is 1. The van der Waals surface area contributed by atoms with Crippen LogP contribution in [0.15, 0.2) is 6.07 Å². The highest BCUT2D eigenvalue weighted by molar-refractivity contribution is 5.95. The Bertz CT molecular complexity index is 523. The summed E-state index contributed by atoms with van der Waals surface area (Å²) in [5.74, 6) is 0.0469. The molecule has 3 rings (SSSR count). The minimum atomic E-state index is 0.0469. The SMILES string of the molecule is Cc1cc(C(=O)NCC2CCCO2)c(C)n1C1CCCCC1. The van der Waals surface area contributed by atoms with Crippen LogP contribution in [-0.4, -0.2) is 29.7 Å². The standard InChI is InChI=1S/C18H28N2O2/c1-13-11-17(18(21)19-12-16-9-6-10-22-16)14(2)20(13)15-7-4-3-5-8-15/h11,15-16H,3-10,12H2,1-2H3,(H,19,21). The molecule has 1 saturated carbocycles. The first-order chi connectivity index (χ1) is 10.7. The number of carbonyl (C=O) groups excluding carboxylic acids is 1. The highest BCUT2D eigenvalue weighted by atomic mass is 16.5. The van der Waals surface area contributed by atoms with Gasteiger partial charge in [-0.25, -0.2) is 0 Å². The predicted octanol–water partition coefficient (Wildman–Crippen LogP) is 3.52. The smallest absolute Gasteiger partial charge is 0.253 e. The molecule has 1 aliphatic heterocycles. The molecule has 1 amide bonds. The normalized spacial score (nSPS) is 22.9. The number of aromatic nitrogens is 1. The Morgan fingerprint density at radius 1 is 1.23 bits per heavy atom. The molecule has 0 radical (unpaired) electrons. The summed E-state index contributed by atoms with van der Waals surface area (Å²) < 4.78 is 7.96. The molecule has 2 aliphatic rings. The molecule has 1 saturated heterocycles. The maximum absolute atomic E-state index is 12.5. The fourth-order valence-electron chi connectivity index (χ4n) is 4.02. The third-order valence-corrected chi connectivity index (χ3v) is 5.18. The molecular weight excluding hydrogens is 276 g/mol. The van der Waals surface area contributed by atoms with Gasteiger partial charge >= 0.3 is 0 Å². The zero-order valence-electron chi connectivity index (χ0n) is 13.9. The summed E-state index contributed by atoms with van der Waals surface area (Å²) in [5, 5.41) is 3.05. The van der Waals surface area contributed by atoms with Crippen LogP contribution < -0.4 is 5.32 Å². The van der Waals surface area contributed by atoms with Crippen LogP contribution >= 0.6 is 0 Å². The van der Waals surface area contributed by atoms with Crippen molar-refractivity contribution in [1.29, 1.82) is 0 Å². The van der Waals surface area contributed by atoms with Gasteiger partial charge in [0.05, 0.1) is 11.7 Å². The maximum atomic E-state index is 12.5. The van der Waals surface area contributed by atoms with Gasteiger partial charge in [-0.1, -0.05) is 19.3 Å². The molecular formula is C18H28N2O2. The molecule has 2 fully saturated rings. The number of hydrogen-bond acceptors (Lipinski definition) is 2. The zero-order valence-corrected chi connectivity index (χ0v) is 13.9. The number of aryl methyl sites for hydroxylation is 1. The minimum Gasteiger partial charge on any atom is -0.376 e. The fraction of sp³-hybridized carbons (Fsp3) is 0.722. The molecule has 1 unspecified atom stereocenters. The van der Waals surface area contributed by atoms with Gasteiger partial charge < -0.3 is 14.6 Å². The van der Waals surface area contributed by atoms with Crippen LogP contribution in [0.3, 0.4) is 0 Å². The van der Waals surface area contributed by atoms with E-state index in [0.29, 0.717) is 12.6 Å². The lowest BCUT2D eigenvalue weighted by Gasteiger charge is -2.26. The van der Waals surface area contributed by atoms with Crippen molar-refractivity contribution in [2.75, 3.05) is 13.2 Å². The van der Waals surface area contributed by atoms with E-state index in [9.17, 15) is 4.79 Å². The van der Waals surface area contributed by atoms with E-state index in [0.717, 1.165) is 30.7 Å². The van der Waals surface area contributed by atoms with Gasteiger partial charge in [-0.2, -0.15) is 0 Å². The Morgan fingerprint density at radius 3 is 2.68 bits per heavy atom. The second-order valence-corrected chi connectivity index (χ2v) is 6.79. The van der Waals surface area contributed by atoms with Gasteiger partial charge in [0.1, 0.15) is 0 Å². The van der Waals surface area contributed by atoms with Gasteiger partial charge in [-0.15, -0.1) is 0 Å². The molecule has 22 heavy (non-hydrogen) atoms. The lowest BCUT2D eigenvalue weighted by Crippen LogP contribution is -2.32. The average molecular weight is 304 g/mol. The number of hydrogen-bond donors (Lipinski definition) is 1. The first-order valence-electron chi connectivity index (χ1n) is 8.75. The van der Waals surface area contributed by atoms with Gasteiger partial charge in [0, 0.05) is 30.6 Å². The second kappa shape index (κ2) is 6.86. The van der Waals surface area contributed by atoms with Crippen LogP contribution in [-0.2, 0) is 4.74 Å². The van der Waals surface area contributed by atoms with E-state index >= 15 is 0 Å². The summed E-state index contributed by atoms with van der Waals surface area (Å²) in [4.78, 5) is 12.5. The summed E-state index contributed by atoms with van der Waals surface area (Å²) in [6.45, 7) is 5.67. The number of carbonyl (C=O) groups is 1. The van der Waals surface area contributed by atoms with Crippen LogP contribution in [0, 0.1) is 13.8 Å². The third kappa shape index (κ3) is 3.22. The monoisotopic (exact) mass is 304 g/mol. The lowest BCUT2D eigenvalue weighted by molar-refractivity contribution is 0.0857. The molecule has 1 atom stereocenters. The summed E-state index contributed by atoms with van der Waals surface area (Å²) in [6.07, 6.45) is 8.82. The van der Waals surface area contributed by atoms with E-state index in [1.807, 2.05) is 0 Å². The molecule has 0 bridgehead atoms. The van der Waals surface area contributed by atoms with Gasteiger partial charge in [-0.05, 0) is 45.6 Å². The van der Waals surface area contributed by atoms with Crippen molar-refractivity contribution in [2.24, 2.45) is 0 Å². The Kier molecular flexibility index (Phi) is 4.87. The number of nitrogens with zero attached hydrogens (tertiary/aromatic N) is 1. The summed E-state index contributed by atoms with van der Waals surface area (Å²) in [5.41, 5.74) is 3.17. The molecule has 1 N–H and O–H groups in total. The van der Waals surface area contributed by atoms with Gasteiger partial charge in [0.2, 0.25) is 0 Å². The Balaban J connectivity index is 1.69. The Labute approximate surface area is 133 Å². The largest absolute Gasteiger partial charge is 0.376 e. The van der Waals surface area contributed by atoms with Crippen molar-refractivity contribution < 1.29 is 9.53 Å². The van der Waals surface area contributed by atoms with Crippen molar-refractivity contribution in [1.82, 2.24) is 9.88 Å². The molecule has 4 heteroatoms. The first-order valence-corrected chi connectivity index (χ1v) is 8.75. The van der Waals surface area contributed by atoms with E-state index in [4.69, 9.17) is 4.74 Å². The molecule has 2 heterocycles. The van der Waals surface area contributed by atoms with Crippen molar-refractivity contribution >= 4 is 5.91 Å². The molecule has 1 aliphatic carbocycles. The van der Waals surface area contributed by atoms with Crippen molar-refractivity contribution in [3.05, 3.63) is 23.0 Å². The second-order valence-electron chi connectivity index (χ2n) is 6.79. The van der Waals surface area contributed by atoms with E-state index in [-0.39, 0.29) is 12.0 Å². The molecule has 0 aromatic carbocycles. The summed E-state index contributed by atoms with van der Waals surface area (Å²) in [7, 11) is 0. The predicted molar refractivity (Wildman–Crippen MR) is 87.3 cm³/mol. The van der Waals surface area contributed by atoms with Crippen molar-refractivity contribution in [2.45, 2.75) is 70.9 Å². The molecule has 1 aromatic heterocycles. The zero-order chi connectivity index (χ0) is 15.5. The lowest BCUT2D eigenvalue weighted by atomic mass is 9.95. The Morgan fingerprint density at radius 2 is 2.00 bits per heavy atom. The van der Waals surface area contributed by atoms with Crippen LogP contribution in [0.4, 0.5) is 0 Å². The van der Waals surface area contributed by atoms with E-state index in [2.05, 4.69) is 29.8 Å². The molecule has 1 aromatic rings. The highest BCUT2D eigenvalue weighted by Gasteiger charge is 2.23. The molecule has 4 nitrogen and oxygen atoms in total. The van der Waals surface area contributed by atoms with E-state index in [1.165, 1.54) is 37.8 Å². The topological polar surface area (TPSA) is 43.3 Å². The number of rotatable bonds is 4. The molecule has 0 spiro atoms. The van der Waals surface area contributed by atoms with Gasteiger partial charge in [0.25, 0.3) is 5.91 Å².